The molecule has 2 N–H and O–H groups in total. The number of nitrogens with one attached hydrogen (secondary N) is 1. The molecule has 0 atom stereocenters. The van der Waals surface area contributed by atoms with Crippen LogP contribution in [-0.4, -0.2) is 25.4 Å². The van der Waals surface area contributed by atoms with Gasteiger partial charge in [-0.25, -0.2) is 0 Å². The molecule has 0 heterocycles. The average Bonchev–Trinajstić information content (AvgIpc) is 2.65. The van der Waals surface area contributed by atoms with Crippen LogP contribution in [0.5, 0.6) is 11.5 Å². The van der Waals surface area contributed by atoms with E-state index >= 15 is 0 Å². The lowest BCUT2D eigenvalue weighted by molar-refractivity contribution is 0.282. The molecule has 4 nitrogen and oxygen atoms in total. The summed E-state index contributed by atoms with van der Waals surface area (Å²) in [6.45, 7) is 1.95. The van der Waals surface area contributed by atoms with E-state index in [1.165, 1.54) is 0 Å². The van der Waals surface area contributed by atoms with Gasteiger partial charge in [0.15, 0.2) is 11.5 Å². The first kappa shape index (κ1) is 22.1. The molecular weight excluding hydrogens is 409 g/mol. The summed E-state index contributed by atoms with van der Waals surface area (Å²) in [6.07, 6.45) is 2.84. The van der Waals surface area contributed by atoms with Crippen molar-refractivity contribution in [2.45, 2.75) is 32.4 Å². The van der Waals surface area contributed by atoms with E-state index in [1.807, 2.05) is 6.07 Å². The smallest absolute Gasteiger partial charge is 0.163 e. The van der Waals surface area contributed by atoms with Gasteiger partial charge in [-0.2, -0.15) is 0 Å². The Morgan fingerprint density at radius 3 is 2.37 bits per heavy atom. The van der Waals surface area contributed by atoms with Gasteiger partial charge in [-0.3, -0.25) is 0 Å². The fraction of sp³-hybridized carbons (Fsp3) is 0.400. The van der Waals surface area contributed by atoms with Crippen molar-refractivity contribution >= 4 is 34.8 Å². The Hall–Kier alpha value is -1.17. The Balaban J connectivity index is 2.00. The van der Waals surface area contributed by atoms with E-state index in [-0.39, 0.29) is 13.2 Å². The molecule has 0 aromatic heterocycles. The van der Waals surface area contributed by atoms with Gasteiger partial charge in [-0.15, -0.1) is 0 Å². The summed E-state index contributed by atoms with van der Waals surface area (Å²) in [5.74, 6) is 1.13. The lowest BCUT2D eigenvalue weighted by Crippen LogP contribution is -2.15. The summed E-state index contributed by atoms with van der Waals surface area (Å²) in [5.41, 5.74) is 1.64. The number of hydrogen-bond donors (Lipinski definition) is 2. The second kappa shape index (κ2) is 11.6. The SMILES string of the molecule is COc1cc(CNCCCCCO)c(Cl)cc1OCc1c(Cl)cccc1Cl. The Morgan fingerprint density at radius 1 is 0.963 bits per heavy atom. The highest BCUT2D eigenvalue weighted by molar-refractivity contribution is 6.36. The van der Waals surface area contributed by atoms with Crippen LogP contribution in [-0.2, 0) is 13.2 Å². The third kappa shape index (κ3) is 6.74. The van der Waals surface area contributed by atoms with Crippen LogP contribution >= 0.6 is 34.8 Å². The molecule has 0 aliphatic carbocycles. The van der Waals surface area contributed by atoms with E-state index < -0.39 is 0 Å². The quantitative estimate of drug-likeness (QED) is 0.461. The average molecular weight is 433 g/mol. The van der Waals surface area contributed by atoms with Gasteiger partial charge in [0.25, 0.3) is 0 Å². The third-order valence-electron chi connectivity index (χ3n) is 4.09. The second-order valence-corrected chi connectivity index (χ2v) is 7.27. The predicted octanol–water partition coefficient (Wildman–Crippen LogP) is 5.49. The minimum Gasteiger partial charge on any atom is -0.493 e. The van der Waals surface area contributed by atoms with Crippen molar-refractivity contribution in [1.82, 2.24) is 5.32 Å². The van der Waals surface area contributed by atoms with E-state index in [0.717, 1.165) is 31.4 Å². The van der Waals surface area contributed by atoms with Crippen molar-refractivity contribution in [1.29, 1.82) is 0 Å². The first-order valence-electron chi connectivity index (χ1n) is 8.80. The Labute approximate surface area is 175 Å². The van der Waals surface area contributed by atoms with Gasteiger partial charge in [0.1, 0.15) is 6.61 Å². The molecule has 0 amide bonds. The summed E-state index contributed by atoms with van der Waals surface area (Å²) in [5, 5.41) is 13.8. The van der Waals surface area contributed by atoms with Crippen LogP contribution in [0.25, 0.3) is 0 Å². The number of aliphatic hydroxyl groups excluding tert-OH is 1. The monoisotopic (exact) mass is 431 g/mol. The van der Waals surface area contributed by atoms with Gasteiger partial charge in [-0.05, 0) is 49.6 Å². The Kier molecular flexibility index (Phi) is 9.52. The van der Waals surface area contributed by atoms with Crippen LogP contribution in [0.4, 0.5) is 0 Å². The lowest BCUT2D eigenvalue weighted by atomic mass is 10.2. The number of hydrogen-bond acceptors (Lipinski definition) is 4. The zero-order chi connectivity index (χ0) is 19.6. The van der Waals surface area contributed by atoms with Crippen LogP contribution < -0.4 is 14.8 Å². The summed E-state index contributed by atoms with van der Waals surface area (Å²) in [4.78, 5) is 0. The minimum absolute atomic E-state index is 0.216. The summed E-state index contributed by atoms with van der Waals surface area (Å²) in [7, 11) is 1.59. The Bertz CT molecular complexity index is 720. The number of rotatable bonds is 11. The molecule has 0 fully saturated rings. The van der Waals surface area contributed by atoms with Crippen molar-refractivity contribution in [2.75, 3.05) is 20.3 Å². The zero-order valence-electron chi connectivity index (χ0n) is 15.2. The largest absolute Gasteiger partial charge is 0.493 e. The molecular formula is C20H24Cl3NO3. The highest BCUT2D eigenvalue weighted by Crippen LogP contribution is 2.35. The normalized spacial score (nSPS) is 10.9. The fourth-order valence-electron chi connectivity index (χ4n) is 2.57. The molecule has 148 valence electrons. The molecule has 0 aliphatic heterocycles. The maximum Gasteiger partial charge on any atom is 0.163 e. The van der Waals surface area contributed by atoms with Crippen LogP contribution in [0.1, 0.15) is 30.4 Å². The molecule has 27 heavy (non-hydrogen) atoms. The molecule has 0 spiro atoms. The number of ether oxygens (including phenoxy) is 2. The molecule has 7 heteroatoms. The number of benzene rings is 2. The zero-order valence-corrected chi connectivity index (χ0v) is 17.5. The highest BCUT2D eigenvalue weighted by Gasteiger charge is 2.13. The van der Waals surface area contributed by atoms with Crippen LogP contribution in [0.2, 0.25) is 15.1 Å². The number of halogens is 3. The van der Waals surface area contributed by atoms with Crippen molar-refractivity contribution in [2.24, 2.45) is 0 Å². The van der Waals surface area contributed by atoms with Crippen LogP contribution in [0.15, 0.2) is 30.3 Å². The van der Waals surface area contributed by atoms with E-state index in [0.29, 0.717) is 38.7 Å². The molecule has 0 saturated heterocycles. The molecule has 0 radical (unpaired) electrons. The van der Waals surface area contributed by atoms with Gasteiger partial charge >= 0.3 is 0 Å². The molecule has 2 rings (SSSR count). The summed E-state index contributed by atoms with van der Waals surface area (Å²) >= 11 is 18.8. The molecule has 0 unspecified atom stereocenters. The highest BCUT2D eigenvalue weighted by atomic mass is 35.5. The van der Waals surface area contributed by atoms with Crippen LogP contribution in [0, 0.1) is 0 Å². The molecule has 0 bridgehead atoms. The summed E-state index contributed by atoms with van der Waals surface area (Å²) in [6, 6.07) is 8.94. The van der Waals surface area contributed by atoms with E-state index in [4.69, 9.17) is 49.4 Å². The lowest BCUT2D eigenvalue weighted by Gasteiger charge is -2.15. The topological polar surface area (TPSA) is 50.7 Å². The van der Waals surface area contributed by atoms with Gasteiger partial charge in [0.2, 0.25) is 0 Å². The van der Waals surface area contributed by atoms with E-state index in [9.17, 15) is 0 Å². The Morgan fingerprint density at radius 2 is 1.70 bits per heavy atom. The van der Waals surface area contributed by atoms with E-state index in [2.05, 4.69) is 5.32 Å². The van der Waals surface area contributed by atoms with Crippen molar-refractivity contribution < 1.29 is 14.6 Å². The minimum atomic E-state index is 0.216. The standard InChI is InChI=1S/C20H24Cl3NO3/c1-26-19-10-14(12-24-8-3-2-4-9-25)18(23)11-20(19)27-13-15-16(21)6-5-7-17(15)22/h5-7,10-11,24-25H,2-4,8-9,12-13H2,1H3. The first-order chi connectivity index (χ1) is 13.1. The van der Waals surface area contributed by atoms with Crippen molar-refractivity contribution in [3.63, 3.8) is 0 Å². The number of aliphatic hydroxyl groups is 1. The molecule has 2 aromatic carbocycles. The molecule has 0 saturated carbocycles. The van der Waals surface area contributed by atoms with Gasteiger partial charge in [0, 0.05) is 39.8 Å². The number of methoxy groups -OCH3 is 1. The summed E-state index contributed by atoms with van der Waals surface area (Å²) < 4.78 is 11.3. The number of unbranched alkanes of at least 4 members (excludes halogenated alkanes) is 2. The maximum absolute atomic E-state index is 8.79. The third-order valence-corrected chi connectivity index (χ3v) is 5.15. The molecule has 2 aromatic rings. The predicted molar refractivity (Wildman–Crippen MR) is 111 cm³/mol. The molecule has 0 aliphatic rings. The first-order valence-corrected chi connectivity index (χ1v) is 9.94. The van der Waals surface area contributed by atoms with Crippen LogP contribution in [0.3, 0.4) is 0 Å². The van der Waals surface area contributed by atoms with Gasteiger partial charge in [0.05, 0.1) is 7.11 Å². The second-order valence-electron chi connectivity index (χ2n) is 6.04. The maximum atomic E-state index is 8.79. The van der Waals surface area contributed by atoms with Crippen molar-refractivity contribution in [3.8, 4) is 11.5 Å². The van der Waals surface area contributed by atoms with Crippen molar-refractivity contribution in [3.05, 3.63) is 56.5 Å². The van der Waals surface area contributed by atoms with Gasteiger partial charge in [-0.1, -0.05) is 40.9 Å². The van der Waals surface area contributed by atoms with E-state index in [1.54, 1.807) is 31.4 Å². The van der Waals surface area contributed by atoms with Gasteiger partial charge < -0.3 is 19.9 Å². The fourth-order valence-corrected chi connectivity index (χ4v) is 3.29.